The fraction of sp³-hybridized carbons (Fsp3) is 0.286. The number of imide groups is 1. The first-order chi connectivity index (χ1) is 12.6. The third-order valence-electron chi connectivity index (χ3n) is 5.68. The van der Waals surface area contributed by atoms with Crippen molar-refractivity contribution in [1.82, 2.24) is 4.90 Å². The Morgan fingerprint density at radius 1 is 0.923 bits per heavy atom. The molecule has 0 aromatic heterocycles. The van der Waals surface area contributed by atoms with Crippen molar-refractivity contribution in [2.45, 2.75) is 37.1 Å². The maximum Gasteiger partial charge on any atom is 0.316 e. The molecule has 5 nitrogen and oxygen atoms in total. The molecule has 2 unspecified atom stereocenters. The van der Waals surface area contributed by atoms with E-state index < -0.39 is 17.4 Å². The SMILES string of the molecule is O=C1c2ccccc2C(=O)N1C1CCCCC1(C(=O)O)c1ccccc1. The highest BCUT2D eigenvalue weighted by atomic mass is 16.4. The molecule has 2 aromatic carbocycles. The fourth-order valence-corrected chi connectivity index (χ4v) is 4.44. The third-order valence-corrected chi connectivity index (χ3v) is 5.68. The Labute approximate surface area is 151 Å². The maximum absolute atomic E-state index is 13.0. The van der Waals surface area contributed by atoms with Gasteiger partial charge in [0, 0.05) is 0 Å². The summed E-state index contributed by atoms with van der Waals surface area (Å²) in [6.07, 6.45) is 2.44. The molecule has 0 bridgehead atoms. The van der Waals surface area contributed by atoms with E-state index in [1.54, 1.807) is 48.5 Å². The largest absolute Gasteiger partial charge is 0.481 e. The molecule has 1 fully saturated rings. The molecule has 1 N–H and O–H groups in total. The number of amides is 2. The maximum atomic E-state index is 13.0. The van der Waals surface area contributed by atoms with E-state index in [1.807, 2.05) is 6.07 Å². The van der Waals surface area contributed by atoms with Crippen LogP contribution in [0.1, 0.15) is 52.0 Å². The van der Waals surface area contributed by atoms with Crippen molar-refractivity contribution in [3.63, 3.8) is 0 Å². The van der Waals surface area contributed by atoms with Crippen LogP contribution < -0.4 is 0 Å². The van der Waals surface area contributed by atoms with Crippen LogP contribution in [-0.2, 0) is 10.2 Å². The van der Waals surface area contributed by atoms with E-state index in [-0.39, 0.29) is 11.8 Å². The number of carbonyl (C=O) groups excluding carboxylic acids is 2. The lowest BCUT2D eigenvalue weighted by Gasteiger charge is -2.44. The number of carboxylic acids is 1. The van der Waals surface area contributed by atoms with Gasteiger partial charge < -0.3 is 5.11 Å². The molecule has 132 valence electrons. The topological polar surface area (TPSA) is 74.7 Å². The number of hydrogen-bond donors (Lipinski definition) is 1. The molecule has 1 aliphatic carbocycles. The second-order valence-electron chi connectivity index (χ2n) is 6.93. The Morgan fingerprint density at radius 3 is 2.08 bits per heavy atom. The Hall–Kier alpha value is -2.95. The Kier molecular flexibility index (Phi) is 3.87. The fourth-order valence-electron chi connectivity index (χ4n) is 4.44. The lowest BCUT2D eigenvalue weighted by atomic mass is 9.65. The summed E-state index contributed by atoms with van der Waals surface area (Å²) < 4.78 is 0. The minimum atomic E-state index is -1.27. The first kappa shape index (κ1) is 16.5. The van der Waals surface area contributed by atoms with Gasteiger partial charge in [0.25, 0.3) is 11.8 Å². The highest BCUT2D eigenvalue weighted by Gasteiger charge is 2.55. The van der Waals surface area contributed by atoms with Gasteiger partial charge in [0.15, 0.2) is 0 Å². The Balaban J connectivity index is 1.85. The molecule has 5 heteroatoms. The van der Waals surface area contributed by atoms with Crippen molar-refractivity contribution in [3.05, 3.63) is 71.3 Å². The smallest absolute Gasteiger partial charge is 0.316 e. The number of nitrogens with zero attached hydrogens (tertiary/aromatic N) is 1. The zero-order valence-corrected chi connectivity index (χ0v) is 14.2. The van der Waals surface area contributed by atoms with Gasteiger partial charge in [-0.05, 0) is 30.5 Å². The molecule has 26 heavy (non-hydrogen) atoms. The Bertz CT molecular complexity index is 857. The summed E-state index contributed by atoms with van der Waals surface area (Å²) in [6.45, 7) is 0. The van der Waals surface area contributed by atoms with Crippen LogP contribution in [0.2, 0.25) is 0 Å². The lowest BCUT2D eigenvalue weighted by molar-refractivity contribution is -0.147. The van der Waals surface area contributed by atoms with Gasteiger partial charge >= 0.3 is 5.97 Å². The predicted molar refractivity (Wildman–Crippen MR) is 95.0 cm³/mol. The van der Waals surface area contributed by atoms with Crippen LogP contribution in [0, 0.1) is 0 Å². The number of benzene rings is 2. The molecule has 2 aliphatic rings. The van der Waals surface area contributed by atoms with Crippen LogP contribution in [0.25, 0.3) is 0 Å². The molecule has 2 aromatic rings. The summed E-state index contributed by atoms with van der Waals surface area (Å²) >= 11 is 0. The minimum Gasteiger partial charge on any atom is -0.481 e. The third kappa shape index (κ3) is 2.20. The van der Waals surface area contributed by atoms with E-state index in [2.05, 4.69) is 0 Å². The summed E-state index contributed by atoms with van der Waals surface area (Å²) in [4.78, 5) is 39.6. The van der Waals surface area contributed by atoms with Gasteiger partial charge in [-0.1, -0.05) is 55.3 Å². The number of carboxylic acid groups (broad SMARTS) is 1. The summed E-state index contributed by atoms with van der Waals surface area (Å²) in [5.41, 5.74) is 0.0898. The average Bonchev–Trinajstić information content (AvgIpc) is 2.93. The van der Waals surface area contributed by atoms with Crippen LogP contribution in [0.4, 0.5) is 0 Å². The van der Waals surface area contributed by atoms with Gasteiger partial charge in [0.1, 0.15) is 5.41 Å². The highest BCUT2D eigenvalue weighted by Crippen LogP contribution is 2.44. The summed E-state index contributed by atoms with van der Waals surface area (Å²) in [5, 5.41) is 10.2. The number of rotatable bonds is 3. The molecule has 1 saturated carbocycles. The number of hydrogen-bond acceptors (Lipinski definition) is 3. The first-order valence-corrected chi connectivity index (χ1v) is 8.83. The normalized spacial score (nSPS) is 25.2. The quantitative estimate of drug-likeness (QED) is 0.863. The average molecular weight is 349 g/mol. The van der Waals surface area contributed by atoms with Crippen LogP contribution in [0.3, 0.4) is 0 Å². The van der Waals surface area contributed by atoms with Gasteiger partial charge in [0.05, 0.1) is 17.2 Å². The molecule has 1 aliphatic heterocycles. The summed E-state index contributed by atoms with van der Waals surface area (Å²) in [6, 6.07) is 15.0. The van der Waals surface area contributed by atoms with Gasteiger partial charge in [0.2, 0.25) is 0 Å². The van der Waals surface area contributed by atoms with E-state index in [4.69, 9.17) is 0 Å². The van der Waals surface area contributed by atoms with Crippen molar-refractivity contribution in [3.8, 4) is 0 Å². The van der Waals surface area contributed by atoms with Gasteiger partial charge in [-0.3, -0.25) is 19.3 Å². The second kappa shape index (κ2) is 6.09. The number of carbonyl (C=O) groups is 3. The van der Waals surface area contributed by atoms with Crippen molar-refractivity contribution in [2.75, 3.05) is 0 Å². The molecular formula is C21H19NO4. The lowest BCUT2D eigenvalue weighted by Crippen LogP contribution is -2.58. The summed E-state index contributed by atoms with van der Waals surface area (Å²) in [5.74, 6) is -1.76. The molecule has 0 saturated heterocycles. The number of aliphatic carboxylic acids is 1. The van der Waals surface area contributed by atoms with Crippen molar-refractivity contribution >= 4 is 17.8 Å². The molecule has 0 radical (unpaired) electrons. The number of fused-ring (bicyclic) bond motifs is 1. The van der Waals surface area contributed by atoms with Crippen LogP contribution >= 0.6 is 0 Å². The van der Waals surface area contributed by atoms with E-state index in [0.29, 0.717) is 29.5 Å². The second-order valence-corrected chi connectivity index (χ2v) is 6.93. The van der Waals surface area contributed by atoms with Gasteiger partial charge in [-0.25, -0.2) is 0 Å². The monoisotopic (exact) mass is 349 g/mol. The summed E-state index contributed by atoms with van der Waals surface area (Å²) in [7, 11) is 0. The minimum absolute atomic E-state index is 0.357. The molecule has 2 atom stereocenters. The van der Waals surface area contributed by atoms with Gasteiger partial charge in [-0.15, -0.1) is 0 Å². The molecule has 1 heterocycles. The zero-order valence-electron chi connectivity index (χ0n) is 14.2. The van der Waals surface area contributed by atoms with E-state index in [1.165, 1.54) is 4.90 Å². The van der Waals surface area contributed by atoms with E-state index >= 15 is 0 Å². The Morgan fingerprint density at radius 2 is 1.50 bits per heavy atom. The van der Waals surface area contributed by atoms with Crippen LogP contribution in [0.15, 0.2) is 54.6 Å². The standard InChI is InChI=1S/C21H19NO4/c23-18-15-10-4-5-11-16(15)19(24)22(18)17-12-6-7-13-21(17,20(25)26)14-8-2-1-3-9-14/h1-5,8-11,17H,6-7,12-13H2,(H,25,26). The molecular weight excluding hydrogens is 330 g/mol. The first-order valence-electron chi connectivity index (χ1n) is 8.83. The van der Waals surface area contributed by atoms with Crippen LogP contribution in [-0.4, -0.2) is 33.8 Å². The predicted octanol–water partition coefficient (Wildman–Crippen LogP) is 3.25. The zero-order chi connectivity index (χ0) is 18.3. The van der Waals surface area contributed by atoms with E-state index in [9.17, 15) is 19.5 Å². The van der Waals surface area contributed by atoms with Crippen molar-refractivity contribution in [2.24, 2.45) is 0 Å². The molecule has 0 spiro atoms. The van der Waals surface area contributed by atoms with Crippen molar-refractivity contribution in [1.29, 1.82) is 0 Å². The van der Waals surface area contributed by atoms with Gasteiger partial charge in [-0.2, -0.15) is 0 Å². The van der Waals surface area contributed by atoms with Crippen LogP contribution in [0.5, 0.6) is 0 Å². The van der Waals surface area contributed by atoms with E-state index in [0.717, 1.165) is 12.8 Å². The molecule has 4 rings (SSSR count). The highest BCUT2D eigenvalue weighted by molar-refractivity contribution is 6.21. The molecule has 2 amide bonds. The van der Waals surface area contributed by atoms with Crippen molar-refractivity contribution < 1.29 is 19.5 Å².